The van der Waals surface area contributed by atoms with E-state index in [1.54, 1.807) is 0 Å². The van der Waals surface area contributed by atoms with Crippen molar-refractivity contribution in [1.82, 2.24) is 0 Å². The van der Waals surface area contributed by atoms with E-state index >= 15 is 0 Å². The van der Waals surface area contributed by atoms with Crippen LogP contribution >= 0.6 is 0 Å². The van der Waals surface area contributed by atoms with Crippen LogP contribution in [0.2, 0.25) is 0 Å². The zero-order valence-electron chi connectivity index (χ0n) is 48.9. The van der Waals surface area contributed by atoms with Crippen molar-refractivity contribution in [3.8, 4) is 0 Å². The summed E-state index contributed by atoms with van der Waals surface area (Å²) in [5.74, 6) is 0.864. The van der Waals surface area contributed by atoms with Gasteiger partial charge < -0.3 is 14.2 Å². The molecule has 422 valence electrons. The first kappa shape index (κ1) is 69.4. The van der Waals surface area contributed by atoms with Gasteiger partial charge in [-0.25, -0.2) is 0 Å². The van der Waals surface area contributed by atoms with E-state index in [0.717, 1.165) is 69.6 Å². The van der Waals surface area contributed by atoms with Crippen LogP contribution in [0.25, 0.3) is 0 Å². The fourth-order valence-electron chi connectivity index (χ4n) is 10.1. The van der Waals surface area contributed by atoms with E-state index in [4.69, 9.17) is 14.2 Å². The molecule has 0 aromatic rings. The van der Waals surface area contributed by atoms with Crippen LogP contribution < -0.4 is 0 Å². The van der Waals surface area contributed by atoms with Crippen LogP contribution in [0, 0.1) is 11.8 Å². The number of carbonyl (C=O) groups is 3. The van der Waals surface area contributed by atoms with Crippen LogP contribution in [0.3, 0.4) is 0 Å². The van der Waals surface area contributed by atoms with Crippen molar-refractivity contribution in [2.75, 3.05) is 13.2 Å². The summed E-state index contributed by atoms with van der Waals surface area (Å²) in [7, 11) is 0. The minimum Gasteiger partial charge on any atom is -0.462 e. The van der Waals surface area contributed by atoms with Gasteiger partial charge >= 0.3 is 17.9 Å². The van der Waals surface area contributed by atoms with Gasteiger partial charge in [0.1, 0.15) is 13.2 Å². The van der Waals surface area contributed by atoms with Gasteiger partial charge in [-0.2, -0.15) is 0 Å². The van der Waals surface area contributed by atoms with Gasteiger partial charge in [-0.3, -0.25) is 14.4 Å². The van der Waals surface area contributed by atoms with E-state index in [0.29, 0.717) is 19.3 Å². The van der Waals surface area contributed by atoms with Crippen molar-refractivity contribution in [3.05, 3.63) is 0 Å². The SMILES string of the molecule is CCCCCCCCCCCCCCCCCCCCC(=O)O[C@H](COC(=O)CCCCCCCCCCCCCCCCCC(C)C)COC(=O)CCCCCCCCCCCCCCCCC(C)C. The third kappa shape index (κ3) is 59.2. The van der Waals surface area contributed by atoms with Crippen molar-refractivity contribution in [2.45, 2.75) is 375 Å². The lowest BCUT2D eigenvalue weighted by atomic mass is 10.0. The Balaban J connectivity index is 4.29. The second-order valence-electron chi connectivity index (χ2n) is 23.4. The molecule has 0 aliphatic rings. The molecule has 0 aromatic carbocycles. The highest BCUT2D eigenvalue weighted by Gasteiger charge is 2.19. The number of hydrogen-bond donors (Lipinski definition) is 0. The number of rotatable bonds is 59. The van der Waals surface area contributed by atoms with Gasteiger partial charge in [-0.15, -0.1) is 0 Å². The summed E-state index contributed by atoms with van der Waals surface area (Å²) in [6.45, 7) is 11.5. The van der Waals surface area contributed by atoms with Crippen LogP contribution in [0.4, 0.5) is 0 Å². The first-order chi connectivity index (χ1) is 34.7. The third-order valence-electron chi connectivity index (χ3n) is 15.0. The predicted molar refractivity (Wildman–Crippen MR) is 307 cm³/mol. The Kier molecular flexibility index (Phi) is 56.4. The second-order valence-corrected chi connectivity index (χ2v) is 23.4. The zero-order chi connectivity index (χ0) is 51.8. The molecular weight excluding hydrogens is 877 g/mol. The zero-order valence-corrected chi connectivity index (χ0v) is 48.9. The van der Waals surface area contributed by atoms with Crippen LogP contribution in [-0.2, 0) is 28.6 Å². The van der Waals surface area contributed by atoms with Gasteiger partial charge in [0.15, 0.2) is 6.10 Å². The molecule has 0 bridgehead atoms. The quantitative estimate of drug-likeness (QED) is 0.0343. The average Bonchev–Trinajstić information content (AvgIpc) is 3.35. The number of esters is 3. The summed E-state index contributed by atoms with van der Waals surface area (Å²) in [5.41, 5.74) is 0. The molecule has 0 amide bonds. The monoisotopic (exact) mass is 1000 g/mol. The molecule has 1 atom stereocenters. The summed E-state index contributed by atoms with van der Waals surface area (Å²) >= 11 is 0. The molecule has 0 aliphatic heterocycles. The van der Waals surface area contributed by atoms with E-state index in [9.17, 15) is 14.4 Å². The number of ether oxygens (including phenoxy) is 3. The van der Waals surface area contributed by atoms with Gasteiger partial charge in [-0.05, 0) is 31.1 Å². The summed E-state index contributed by atoms with van der Waals surface area (Å²) in [6, 6.07) is 0. The molecular formula is C65H126O6. The maximum atomic E-state index is 12.9. The normalized spacial score (nSPS) is 12.0. The topological polar surface area (TPSA) is 78.9 Å². The molecule has 0 fully saturated rings. The second kappa shape index (κ2) is 57.7. The number of hydrogen-bond acceptors (Lipinski definition) is 6. The fourth-order valence-corrected chi connectivity index (χ4v) is 10.1. The molecule has 0 rings (SSSR count). The maximum Gasteiger partial charge on any atom is 0.306 e. The lowest BCUT2D eigenvalue weighted by Gasteiger charge is -2.18. The van der Waals surface area contributed by atoms with E-state index in [1.807, 2.05) is 0 Å². The van der Waals surface area contributed by atoms with E-state index in [1.165, 1.54) is 257 Å². The summed E-state index contributed by atoms with van der Waals surface area (Å²) in [4.78, 5) is 38.3. The van der Waals surface area contributed by atoms with Crippen molar-refractivity contribution in [2.24, 2.45) is 11.8 Å². The van der Waals surface area contributed by atoms with Crippen molar-refractivity contribution >= 4 is 17.9 Å². The maximum absolute atomic E-state index is 12.9. The predicted octanol–water partition coefficient (Wildman–Crippen LogP) is 21.6. The molecule has 0 spiro atoms. The van der Waals surface area contributed by atoms with Gasteiger partial charge in [0, 0.05) is 19.3 Å². The molecule has 0 heterocycles. The average molecular weight is 1000 g/mol. The Labute approximate surface area is 444 Å². The van der Waals surface area contributed by atoms with Gasteiger partial charge in [0.25, 0.3) is 0 Å². The highest BCUT2D eigenvalue weighted by molar-refractivity contribution is 5.71. The van der Waals surface area contributed by atoms with Gasteiger partial charge in [0.05, 0.1) is 0 Å². The van der Waals surface area contributed by atoms with Crippen molar-refractivity contribution < 1.29 is 28.6 Å². The van der Waals surface area contributed by atoms with Crippen LogP contribution in [0.15, 0.2) is 0 Å². The van der Waals surface area contributed by atoms with Crippen LogP contribution in [-0.4, -0.2) is 37.2 Å². The highest BCUT2D eigenvalue weighted by Crippen LogP contribution is 2.19. The van der Waals surface area contributed by atoms with Crippen LogP contribution in [0.1, 0.15) is 369 Å². The van der Waals surface area contributed by atoms with Crippen molar-refractivity contribution in [1.29, 1.82) is 0 Å². The lowest BCUT2D eigenvalue weighted by molar-refractivity contribution is -0.167. The molecule has 71 heavy (non-hydrogen) atoms. The Morgan fingerprint density at radius 3 is 0.690 bits per heavy atom. The molecule has 0 saturated heterocycles. The Morgan fingerprint density at radius 2 is 0.465 bits per heavy atom. The molecule has 0 radical (unpaired) electrons. The first-order valence-corrected chi connectivity index (χ1v) is 32.2. The Hall–Kier alpha value is -1.59. The third-order valence-corrected chi connectivity index (χ3v) is 15.0. The largest absolute Gasteiger partial charge is 0.462 e. The Morgan fingerprint density at radius 1 is 0.268 bits per heavy atom. The molecule has 6 heteroatoms. The van der Waals surface area contributed by atoms with Crippen molar-refractivity contribution in [3.63, 3.8) is 0 Å². The molecule has 0 saturated carbocycles. The molecule has 6 nitrogen and oxygen atoms in total. The molecule has 0 N–H and O–H groups in total. The molecule has 0 aromatic heterocycles. The van der Waals surface area contributed by atoms with Gasteiger partial charge in [-0.1, -0.05) is 330 Å². The Bertz CT molecular complexity index is 1090. The summed E-state index contributed by atoms with van der Waals surface area (Å²) in [6.07, 6.45) is 63.9. The fraction of sp³-hybridized carbons (Fsp3) is 0.954. The smallest absolute Gasteiger partial charge is 0.306 e. The van der Waals surface area contributed by atoms with Gasteiger partial charge in [0.2, 0.25) is 0 Å². The minimum atomic E-state index is -0.764. The first-order valence-electron chi connectivity index (χ1n) is 32.2. The van der Waals surface area contributed by atoms with E-state index < -0.39 is 6.10 Å². The molecule has 0 unspecified atom stereocenters. The van der Waals surface area contributed by atoms with E-state index in [-0.39, 0.29) is 31.1 Å². The number of unbranched alkanes of at least 4 members (excludes halogenated alkanes) is 44. The lowest BCUT2D eigenvalue weighted by Crippen LogP contribution is -2.30. The van der Waals surface area contributed by atoms with Crippen LogP contribution in [0.5, 0.6) is 0 Å². The summed E-state index contributed by atoms with van der Waals surface area (Å²) < 4.78 is 17.0. The highest BCUT2D eigenvalue weighted by atomic mass is 16.6. The summed E-state index contributed by atoms with van der Waals surface area (Å²) in [5, 5.41) is 0. The molecule has 0 aliphatic carbocycles. The minimum absolute atomic E-state index is 0.0618. The standard InChI is InChI=1S/C65H126O6/c1-6-7-8-9-10-11-12-13-14-15-16-19-27-32-37-42-47-52-57-65(68)71-62(59-70-64(67)56-51-46-41-36-31-26-22-21-24-29-34-39-44-49-54-61(4)5)58-69-63(66)55-50-45-40-35-30-25-20-17-18-23-28-33-38-43-48-53-60(2)3/h60-62H,6-59H2,1-5H3/t62-/m1/s1. The number of carbonyl (C=O) groups excluding carboxylic acids is 3. The van der Waals surface area contributed by atoms with E-state index in [2.05, 4.69) is 34.6 Å².